The molecular weight excluding hydrogens is 358 g/mol. The van der Waals surface area contributed by atoms with Crippen molar-refractivity contribution < 1.29 is 18.7 Å². The van der Waals surface area contributed by atoms with Gasteiger partial charge in [0.15, 0.2) is 12.3 Å². The van der Waals surface area contributed by atoms with Gasteiger partial charge in [-0.25, -0.2) is 4.98 Å². The van der Waals surface area contributed by atoms with E-state index in [1.54, 1.807) is 4.90 Å². The zero-order valence-electron chi connectivity index (χ0n) is 16.9. The van der Waals surface area contributed by atoms with Gasteiger partial charge in [-0.3, -0.25) is 14.5 Å². The zero-order chi connectivity index (χ0) is 20.3. The van der Waals surface area contributed by atoms with E-state index in [-0.39, 0.29) is 36.1 Å². The van der Waals surface area contributed by atoms with Gasteiger partial charge in [0.1, 0.15) is 18.6 Å². The predicted octanol–water partition coefficient (Wildman–Crippen LogP) is 3.43. The minimum atomic E-state index is -0.280. The number of nitrogens with zero attached hydrogens (tertiary/aromatic N) is 2. The Bertz CT molecular complexity index is 872. The van der Waals surface area contributed by atoms with Crippen LogP contribution in [0.2, 0.25) is 0 Å². The molecule has 0 spiro atoms. The molecule has 3 rings (SSSR count). The van der Waals surface area contributed by atoms with Crippen molar-refractivity contribution in [2.75, 3.05) is 18.1 Å². The average Bonchev–Trinajstić information content (AvgIpc) is 3.16. The van der Waals surface area contributed by atoms with Gasteiger partial charge >= 0.3 is 0 Å². The molecule has 1 aliphatic rings. The summed E-state index contributed by atoms with van der Waals surface area (Å²) in [5.41, 5.74) is 2.02. The number of carbonyl (C=O) groups is 2. The third-order valence-electron chi connectivity index (χ3n) is 5.18. The molecule has 0 radical (unpaired) electrons. The Hall–Kier alpha value is -2.83. The minimum absolute atomic E-state index is 0.0192. The van der Waals surface area contributed by atoms with Gasteiger partial charge in [0, 0.05) is 6.54 Å². The number of rotatable bonds is 7. The van der Waals surface area contributed by atoms with Crippen molar-refractivity contribution in [2.45, 2.75) is 52.5 Å². The average molecular weight is 385 g/mol. The minimum Gasteiger partial charge on any atom is -0.482 e. The highest BCUT2D eigenvalue weighted by molar-refractivity contribution is 5.98. The van der Waals surface area contributed by atoms with Crippen molar-refractivity contribution in [3.8, 4) is 5.75 Å². The van der Waals surface area contributed by atoms with E-state index in [1.165, 1.54) is 6.26 Å². The number of benzene rings is 1. The molecule has 28 heavy (non-hydrogen) atoms. The third kappa shape index (κ3) is 4.03. The van der Waals surface area contributed by atoms with Gasteiger partial charge in [0.05, 0.1) is 5.69 Å². The molecule has 0 unspecified atom stereocenters. The molecule has 1 aliphatic heterocycles. The fourth-order valence-electron chi connectivity index (χ4n) is 2.95. The molecule has 2 amide bonds. The van der Waals surface area contributed by atoms with Crippen LogP contribution in [0.25, 0.3) is 0 Å². The Morgan fingerprint density at radius 3 is 2.82 bits per heavy atom. The van der Waals surface area contributed by atoms with Crippen LogP contribution >= 0.6 is 0 Å². The molecule has 1 aromatic heterocycles. The van der Waals surface area contributed by atoms with Crippen LogP contribution in [0.1, 0.15) is 62.5 Å². The topological polar surface area (TPSA) is 84.7 Å². The predicted molar refractivity (Wildman–Crippen MR) is 106 cm³/mol. The molecule has 0 saturated heterocycles. The summed E-state index contributed by atoms with van der Waals surface area (Å²) in [4.78, 5) is 30.4. The van der Waals surface area contributed by atoms with Crippen LogP contribution in [0.15, 0.2) is 28.9 Å². The van der Waals surface area contributed by atoms with Crippen LogP contribution < -0.4 is 15.0 Å². The summed E-state index contributed by atoms with van der Waals surface area (Å²) in [5.74, 6) is 0.511. The molecular formula is C21H27N3O4. The first-order valence-corrected chi connectivity index (χ1v) is 9.66. The Labute approximate surface area is 165 Å². The Morgan fingerprint density at radius 2 is 2.11 bits per heavy atom. The number of amides is 2. The summed E-state index contributed by atoms with van der Waals surface area (Å²) in [5, 5.41) is 2.76. The maximum Gasteiger partial charge on any atom is 0.273 e. The lowest BCUT2D eigenvalue weighted by molar-refractivity contribution is -0.121. The molecule has 0 fully saturated rings. The molecule has 0 aliphatic carbocycles. The van der Waals surface area contributed by atoms with E-state index in [9.17, 15) is 9.59 Å². The summed E-state index contributed by atoms with van der Waals surface area (Å²) in [6, 6.07) is 5.94. The number of hydrogen-bond donors (Lipinski definition) is 1. The van der Waals surface area contributed by atoms with E-state index in [4.69, 9.17) is 9.15 Å². The van der Waals surface area contributed by atoms with Gasteiger partial charge in [-0.1, -0.05) is 33.8 Å². The summed E-state index contributed by atoms with van der Waals surface area (Å²) in [6.07, 6.45) is 3.13. The molecule has 1 N–H and O–H groups in total. The third-order valence-corrected chi connectivity index (χ3v) is 5.18. The van der Waals surface area contributed by atoms with Crippen LogP contribution in [0.3, 0.4) is 0 Å². The molecule has 150 valence electrons. The van der Waals surface area contributed by atoms with E-state index >= 15 is 0 Å². The molecule has 0 bridgehead atoms. The number of anilines is 1. The van der Waals surface area contributed by atoms with Crippen molar-refractivity contribution in [2.24, 2.45) is 0 Å². The van der Waals surface area contributed by atoms with Crippen molar-refractivity contribution in [3.63, 3.8) is 0 Å². The van der Waals surface area contributed by atoms with E-state index < -0.39 is 0 Å². The summed E-state index contributed by atoms with van der Waals surface area (Å²) < 4.78 is 11.0. The van der Waals surface area contributed by atoms with Crippen molar-refractivity contribution in [3.05, 3.63) is 41.6 Å². The zero-order valence-corrected chi connectivity index (χ0v) is 16.9. The molecule has 2 heterocycles. The van der Waals surface area contributed by atoms with Gasteiger partial charge in [-0.2, -0.15) is 0 Å². The second kappa shape index (κ2) is 8.04. The quantitative estimate of drug-likeness (QED) is 0.789. The highest BCUT2D eigenvalue weighted by atomic mass is 16.5. The monoisotopic (exact) mass is 385 g/mol. The highest BCUT2D eigenvalue weighted by Gasteiger charge is 2.29. The van der Waals surface area contributed by atoms with Crippen LogP contribution in [0.5, 0.6) is 5.75 Å². The lowest BCUT2D eigenvalue weighted by Gasteiger charge is -2.31. The highest BCUT2D eigenvalue weighted by Crippen LogP contribution is 2.38. The summed E-state index contributed by atoms with van der Waals surface area (Å²) >= 11 is 0. The van der Waals surface area contributed by atoms with Crippen LogP contribution in [-0.4, -0.2) is 29.9 Å². The summed E-state index contributed by atoms with van der Waals surface area (Å²) in [6.45, 7) is 9.13. The van der Waals surface area contributed by atoms with Gasteiger partial charge in [0.2, 0.25) is 5.89 Å². The standard InChI is InChI=1S/C21H27N3O4/c1-5-9-22-20(26)15-12-28-18(23-15)11-24-16-10-14(21(3,4)6-2)7-8-17(16)27-13-19(24)25/h7-8,10,12H,5-6,9,11,13H2,1-4H3,(H,22,26). The fraction of sp³-hybridized carbons (Fsp3) is 0.476. The molecule has 0 atom stereocenters. The number of nitrogens with one attached hydrogen (secondary N) is 1. The Kier molecular flexibility index (Phi) is 5.72. The second-order valence-corrected chi connectivity index (χ2v) is 7.57. The largest absolute Gasteiger partial charge is 0.482 e. The molecule has 1 aromatic carbocycles. The lowest BCUT2D eigenvalue weighted by atomic mass is 9.82. The van der Waals surface area contributed by atoms with Gasteiger partial charge in [0.25, 0.3) is 11.8 Å². The molecule has 7 heteroatoms. The number of oxazole rings is 1. The normalized spacial score (nSPS) is 13.9. The first-order valence-electron chi connectivity index (χ1n) is 9.66. The maximum absolute atomic E-state index is 12.5. The van der Waals surface area contributed by atoms with E-state index in [0.717, 1.165) is 18.4 Å². The number of aromatic nitrogens is 1. The number of carbonyl (C=O) groups excluding carboxylic acids is 2. The van der Waals surface area contributed by atoms with Crippen molar-refractivity contribution in [1.82, 2.24) is 10.3 Å². The lowest BCUT2D eigenvalue weighted by Crippen LogP contribution is -2.38. The van der Waals surface area contributed by atoms with Gasteiger partial charge in [-0.05, 0) is 36.0 Å². The fourth-order valence-corrected chi connectivity index (χ4v) is 2.95. The van der Waals surface area contributed by atoms with Gasteiger partial charge < -0.3 is 14.5 Å². The van der Waals surface area contributed by atoms with Crippen LogP contribution in [-0.2, 0) is 16.8 Å². The van der Waals surface area contributed by atoms with Crippen LogP contribution in [0.4, 0.5) is 5.69 Å². The number of ether oxygens (including phenoxy) is 1. The van der Waals surface area contributed by atoms with E-state index in [0.29, 0.717) is 23.9 Å². The maximum atomic E-state index is 12.5. The Balaban J connectivity index is 1.85. The molecule has 0 saturated carbocycles. The van der Waals surface area contributed by atoms with Crippen molar-refractivity contribution in [1.29, 1.82) is 0 Å². The number of hydrogen-bond acceptors (Lipinski definition) is 5. The smallest absolute Gasteiger partial charge is 0.273 e. The summed E-state index contributed by atoms with van der Waals surface area (Å²) in [7, 11) is 0. The van der Waals surface area contributed by atoms with E-state index in [2.05, 4.69) is 31.1 Å². The SMILES string of the molecule is CCCNC(=O)c1coc(CN2C(=O)COc3ccc(C(C)(C)CC)cc32)n1. The van der Waals surface area contributed by atoms with Crippen molar-refractivity contribution >= 4 is 17.5 Å². The number of fused-ring (bicyclic) bond motifs is 1. The van der Waals surface area contributed by atoms with Crippen LogP contribution in [0, 0.1) is 0 Å². The molecule has 2 aromatic rings. The molecule has 7 nitrogen and oxygen atoms in total. The first kappa shape index (κ1) is 19.9. The van der Waals surface area contributed by atoms with E-state index in [1.807, 2.05) is 25.1 Å². The Morgan fingerprint density at radius 1 is 1.32 bits per heavy atom. The second-order valence-electron chi connectivity index (χ2n) is 7.57. The first-order chi connectivity index (χ1) is 13.4. The van der Waals surface area contributed by atoms with Gasteiger partial charge in [-0.15, -0.1) is 0 Å².